The standard InChI is InChI=1S/C19H15ClN4O/c20-15-7-5-13(6-8-15)11-14(12-21)19(25)22-10-9-18-23-16-3-1-2-4-17(16)24-18/h1-8,11H,9-10H2,(H,22,25)(H,23,24)/b14-11+. The van der Waals surface area contributed by atoms with Gasteiger partial charge in [0.05, 0.1) is 11.0 Å². The summed E-state index contributed by atoms with van der Waals surface area (Å²) in [6, 6.07) is 16.6. The van der Waals surface area contributed by atoms with Crippen LogP contribution in [0.2, 0.25) is 5.02 Å². The Bertz CT molecular complexity index is 934. The molecule has 0 fully saturated rings. The van der Waals surface area contributed by atoms with E-state index in [9.17, 15) is 10.1 Å². The molecule has 0 atom stereocenters. The molecule has 3 aromatic rings. The van der Waals surface area contributed by atoms with Gasteiger partial charge in [-0.3, -0.25) is 4.79 Å². The lowest BCUT2D eigenvalue weighted by Gasteiger charge is -2.03. The first-order valence-electron chi connectivity index (χ1n) is 7.75. The van der Waals surface area contributed by atoms with Crippen molar-refractivity contribution < 1.29 is 4.79 Å². The van der Waals surface area contributed by atoms with Crippen LogP contribution in [-0.2, 0) is 11.2 Å². The maximum atomic E-state index is 12.1. The summed E-state index contributed by atoms with van der Waals surface area (Å²) in [5.74, 6) is 0.384. The summed E-state index contributed by atoms with van der Waals surface area (Å²) in [6.45, 7) is 0.387. The van der Waals surface area contributed by atoms with E-state index in [1.54, 1.807) is 24.3 Å². The van der Waals surface area contributed by atoms with Crippen LogP contribution in [0.3, 0.4) is 0 Å². The lowest BCUT2D eigenvalue weighted by molar-refractivity contribution is -0.117. The van der Waals surface area contributed by atoms with E-state index in [-0.39, 0.29) is 5.57 Å². The summed E-state index contributed by atoms with van der Waals surface area (Å²) in [6.07, 6.45) is 2.09. The normalized spacial score (nSPS) is 11.3. The molecule has 25 heavy (non-hydrogen) atoms. The molecule has 124 valence electrons. The molecule has 0 spiro atoms. The van der Waals surface area contributed by atoms with Crippen molar-refractivity contribution in [3.8, 4) is 6.07 Å². The highest BCUT2D eigenvalue weighted by Gasteiger charge is 2.09. The second-order valence-electron chi connectivity index (χ2n) is 5.43. The number of nitrogens with zero attached hydrogens (tertiary/aromatic N) is 2. The van der Waals surface area contributed by atoms with Gasteiger partial charge in [-0.05, 0) is 35.9 Å². The van der Waals surface area contributed by atoms with E-state index in [2.05, 4.69) is 15.3 Å². The first kappa shape index (κ1) is 16.7. The number of benzene rings is 2. The quantitative estimate of drug-likeness (QED) is 0.546. The highest BCUT2D eigenvalue weighted by atomic mass is 35.5. The van der Waals surface area contributed by atoms with Gasteiger partial charge in [-0.1, -0.05) is 35.9 Å². The van der Waals surface area contributed by atoms with Gasteiger partial charge in [-0.25, -0.2) is 4.98 Å². The van der Waals surface area contributed by atoms with Crippen LogP contribution in [0.5, 0.6) is 0 Å². The Balaban J connectivity index is 1.60. The summed E-state index contributed by atoms with van der Waals surface area (Å²) in [7, 11) is 0. The molecule has 0 aliphatic rings. The van der Waals surface area contributed by atoms with E-state index in [1.165, 1.54) is 6.08 Å². The average molecular weight is 351 g/mol. The van der Waals surface area contributed by atoms with E-state index in [4.69, 9.17) is 11.6 Å². The van der Waals surface area contributed by atoms with E-state index >= 15 is 0 Å². The molecule has 1 amide bonds. The van der Waals surface area contributed by atoms with E-state index < -0.39 is 5.91 Å². The van der Waals surface area contributed by atoms with Crippen molar-refractivity contribution >= 4 is 34.6 Å². The third-order valence-corrected chi connectivity index (χ3v) is 3.88. The number of carbonyl (C=O) groups is 1. The zero-order valence-electron chi connectivity index (χ0n) is 13.3. The molecule has 0 bridgehead atoms. The van der Waals surface area contributed by atoms with Crippen molar-refractivity contribution in [2.24, 2.45) is 0 Å². The molecule has 1 heterocycles. The highest BCUT2D eigenvalue weighted by Crippen LogP contribution is 2.13. The molecule has 0 radical (unpaired) electrons. The summed E-state index contributed by atoms with van der Waals surface area (Å²) < 4.78 is 0. The van der Waals surface area contributed by atoms with Crippen LogP contribution in [0.15, 0.2) is 54.1 Å². The smallest absolute Gasteiger partial charge is 0.261 e. The van der Waals surface area contributed by atoms with E-state index in [1.807, 2.05) is 30.3 Å². The van der Waals surface area contributed by atoms with Crippen molar-refractivity contribution in [3.05, 3.63) is 70.5 Å². The fourth-order valence-electron chi connectivity index (χ4n) is 2.39. The molecular formula is C19H15ClN4O. The largest absolute Gasteiger partial charge is 0.351 e. The molecule has 2 aromatic carbocycles. The molecule has 0 saturated carbocycles. The molecule has 0 aliphatic heterocycles. The minimum absolute atomic E-state index is 0.0481. The van der Waals surface area contributed by atoms with Crippen molar-refractivity contribution in [2.75, 3.05) is 6.54 Å². The number of carbonyl (C=O) groups excluding carboxylic acids is 1. The summed E-state index contributed by atoms with van der Waals surface area (Å²) in [5.41, 5.74) is 2.65. The fraction of sp³-hybridized carbons (Fsp3) is 0.105. The Kier molecular flexibility index (Phi) is 5.12. The molecular weight excluding hydrogens is 336 g/mol. The van der Waals surface area contributed by atoms with Crippen LogP contribution in [-0.4, -0.2) is 22.4 Å². The van der Waals surface area contributed by atoms with Crippen LogP contribution < -0.4 is 5.32 Å². The number of rotatable bonds is 5. The van der Waals surface area contributed by atoms with Gasteiger partial charge in [0.25, 0.3) is 5.91 Å². The number of amides is 1. The van der Waals surface area contributed by atoms with E-state index in [0.29, 0.717) is 18.0 Å². The van der Waals surface area contributed by atoms with Gasteiger partial charge in [-0.15, -0.1) is 0 Å². The molecule has 0 saturated heterocycles. The molecule has 2 N–H and O–H groups in total. The predicted molar refractivity (Wildman–Crippen MR) is 97.8 cm³/mol. The number of nitrogens with one attached hydrogen (secondary N) is 2. The van der Waals surface area contributed by atoms with Crippen LogP contribution in [0.4, 0.5) is 0 Å². The predicted octanol–water partition coefficient (Wildman–Crippen LogP) is 3.48. The molecule has 6 heteroatoms. The number of hydrogen-bond acceptors (Lipinski definition) is 3. The highest BCUT2D eigenvalue weighted by molar-refractivity contribution is 6.30. The summed E-state index contributed by atoms with van der Waals surface area (Å²) in [5, 5.41) is 12.5. The number of fused-ring (bicyclic) bond motifs is 1. The number of nitriles is 1. The maximum absolute atomic E-state index is 12.1. The number of aromatic amines is 1. The SMILES string of the molecule is N#C/C(=C\c1ccc(Cl)cc1)C(=O)NCCc1nc2ccccc2[nH]1. The minimum atomic E-state index is -0.409. The fourth-order valence-corrected chi connectivity index (χ4v) is 2.51. The van der Waals surface area contributed by atoms with Crippen LogP contribution in [0.25, 0.3) is 17.1 Å². The zero-order chi connectivity index (χ0) is 17.6. The number of para-hydroxylation sites is 2. The van der Waals surface area contributed by atoms with Crippen LogP contribution >= 0.6 is 11.6 Å². The Morgan fingerprint density at radius 2 is 2.00 bits per heavy atom. The van der Waals surface area contributed by atoms with Gasteiger partial charge in [0.1, 0.15) is 17.5 Å². The Morgan fingerprint density at radius 1 is 1.24 bits per heavy atom. The topological polar surface area (TPSA) is 81.6 Å². The molecule has 5 nitrogen and oxygen atoms in total. The average Bonchev–Trinajstić information content (AvgIpc) is 3.03. The van der Waals surface area contributed by atoms with Gasteiger partial charge in [0.15, 0.2) is 0 Å². The molecule has 1 aromatic heterocycles. The number of H-pyrrole nitrogens is 1. The Hall–Kier alpha value is -3.10. The van der Waals surface area contributed by atoms with Gasteiger partial charge in [0.2, 0.25) is 0 Å². The maximum Gasteiger partial charge on any atom is 0.261 e. The third kappa shape index (κ3) is 4.25. The first-order chi connectivity index (χ1) is 12.2. The number of halogens is 1. The van der Waals surface area contributed by atoms with Gasteiger partial charge in [-0.2, -0.15) is 5.26 Å². The van der Waals surface area contributed by atoms with Crippen LogP contribution in [0.1, 0.15) is 11.4 Å². The minimum Gasteiger partial charge on any atom is -0.351 e. The van der Waals surface area contributed by atoms with Gasteiger partial charge in [0, 0.05) is 18.0 Å². The van der Waals surface area contributed by atoms with E-state index in [0.717, 1.165) is 22.4 Å². The third-order valence-electron chi connectivity index (χ3n) is 3.63. The molecule has 3 rings (SSSR count). The Morgan fingerprint density at radius 3 is 2.72 bits per heavy atom. The van der Waals surface area contributed by atoms with Crippen molar-refractivity contribution in [2.45, 2.75) is 6.42 Å². The monoisotopic (exact) mass is 350 g/mol. The van der Waals surface area contributed by atoms with Crippen molar-refractivity contribution in [1.82, 2.24) is 15.3 Å². The zero-order valence-corrected chi connectivity index (χ0v) is 14.0. The lowest BCUT2D eigenvalue weighted by atomic mass is 10.1. The molecule has 0 aliphatic carbocycles. The van der Waals surface area contributed by atoms with Gasteiger partial charge >= 0.3 is 0 Å². The van der Waals surface area contributed by atoms with Crippen LogP contribution in [0, 0.1) is 11.3 Å². The second kappa shape index (κ2) is 7.65. The number of imidazole rings is 1. The van der Waals surface area contributed by atoms with Gasteiger partial charge < -0.3 is 10.3 Å². The lowest BCUT2D eigenvalue weighted by Crippen LogP contribution is -2.27. The summed E-state index contributed by atoms with van der Waals surface area (Å²) in [4.78, 5) is 19.8. The van der Waals surface area contributed by atoms with Crippen molar-refractivity contribution in [3.63, 3.8) is 0 Å². The first-order valence-corrected chi connectivity index (χ1v) is 8.13. The summed E-state index contributed by atoms with van der Waals surface area (Å²) >= 11 is 5.83. The second-order valence-corrected chi connectivity index (χ2v) is 5.86. The Labute approximate surface area is 150 Å². The number of aromatic nitrogens is 2. The number of hydrogen-bond donors (Lipinski definition) is 2. The molecule has 0 unspecified atom stereocenters. The van der Waals surface area contributed by atoms with Crippen molar-refractivity contribution in [1.29, 1.82) is 5.26 Å².